The van der Waals surface area contributed by atoms with Crippen LogP contribution in [0.1, 0.15) is 68.1 Å². The molecule has 0 bridgehead atoms. The molecular weight excluding hydrogens is 298 g/mol. The Hall–Kier alpha value is -1.45. The van der Waals surface area contributed by atoms with E-state index in [0.29, 0.717) is 24.0 Å². The summed E-state index contributed by atoms with van der Waals surface area (Å²) in [5, 5.41) is 9.83. The Bertz CT molecular complexity index is 670. The zero-order chi connectivity index (χ0) is 16.4. The third-order valence-corrected chi connectivity index (χ3v) is 6.82. The van der Waals surface area contributed by atoms with E-state index < -0.39 is 6.43 Å². The van der Waals surface area contributed by atoms with Gasteiger partial charge in [-0.1, -0.05) is 6.92 Å². The van der Waals surface area contributed by atoms with Crippen molar-refractivity contribution in [2.45, 2.75) is 57.8 Å². The maximum absolute atomic E-state index is 13.1. The van der Waals surface area contributed by atoms with Crippen LogP contribution < -0.4 is 0 Å². The molecule has 0 spiro atoms. The molecule has 23 heavy (non-hydrogen) atoms. The number of phenolic OH excluding ortho intramolecular Hbond substituents is 1. The van der Waals surface area contributed by atoms with Crippen molar-refractivity contribution in [1.29, 1.82) is 0 Å². The maximum Gasteiger partial charge on any atom is 0.267 e. The summed E-state index contributed by atoms with van der Waals surface area (Å²) < 4.78 is 26.3. The normalized spacial score (nSPS) is 35.8. The largest absolute Gasteiger partial charge is 0.507 e. The second-order valence-electron chi connectivity index (χ2n) is 7.74. The molecule has 2 nitrogen and oxygen atoms in total. The van der Waals surface area contributed by atoms with Crippen LogP contribution in [0.25, 0.3) is 0 Å². The molecule has 3 aliphatic rings. The van der Waals surface area contributed by atoms with Crippen LogP contribution in [0.3, 0.4) is 0 Å². The number of hydrogen-bond donors (Lipinski definition) is 1. The van der Waals surface area contributed by atoms with Gasteiger partial charge in [0.2, 0.25) is 0 Å². The average Bonchev–Trinajstić information content (AvgIpc) is 2.81. The van der Waals surface area contributed by atoms with Gasteiger partial charge in [0.05, 0.1) is 5.56 Å². The van der Waals surface area contributed by atoms with Crippen molar-refractivity contribution in [3.8, 4) is 5.75 Å². The van der Waals surface area contributed by atoms with Crippen LogP contribution in [0.15, 0.2) is 12.1 Å². The molecule has 0 heterocycles. The number of Topliss-reactive ketones (excluding diaryl/α,β-unsaturated/α-hetero) is 1. The lowest BCUT2D eigenvalue weighted by Crippen LogP contribution is -2.42. The van der Waals surface area contributed by atoms with E-state index in [2.05, 4.69) is 6.92 Å². The lowest BCUT2D eigenvalue weighted by molar-refractivity contribution is -0.129. The van der Waals surface area contributed by atoms with Crippen LogP contribution in [-0.2, 0) is 11.2 Å². The highest BCUT2D eigenvalue weighted by Crippen LogP contribution is 2.59. The standard InChI is InChI=1S/C19H22F2O2/c1-19-7-6-11-12(15(19)4-5-17(19)23)3-2-10-8-16(22)14(18(20)21)9-13(10)11/h8-9,11-12,15,18,22H,2-7H2,1H3/t11-,12+,15-,19-/m0/s1. The minimum atomic E-state index is -2.65. The number of fused-ring (bicyclic) bond motifs is 5. The molecular formula is C19H22F2O2. The smallest absolute Gasteiger partial charge is 0.267 e. The molecule has 2 saturated carbocycles. The third kappa shape index (κ3) is 2.06. The number of aryl methyl sites for hydroxylation is 1. The molecule has 3 aliphatic carbocycles. The van der Waals surface area contributed by atoms with Crippen molar-refractivity contribution in [1.82, 2.24) is 0 Å². The van der Waals surface area contributed by atoms with E-state index in [-0.39, 0.29) is 22.6 Å². The first kappa shape index (κ1) is 15.1. The molecule has 0 radical (unpaired) electrons. The fourth-order valence-corrected chi connectivity index (χ4v) is 5.57. The quantitative estimate of drug-likeness (QED) is 0.810. The Labute approximate surface area is 134 Å². The molecule has 4 heteroatoms. The molecule has 0 aliphatic heterocycles. The lowest BCUT2D eigenvalue weighted by atomic mass is 9.55. The fourth-order valence-electron chi connectivity index (χ4n) is 5.57. The van der Waals surface area contributed by atoms with Gasteiger partial charge in [0, 0.05) is 11.8 Å². The summed E-state index contributed by atoms with van der Waals surface area (Å²) in [6.07, 6.45) is 2.54. The van der Waals surface area contributed by atoms with Crippen molar-refractivity contribution >= 4 is 5.78 Å². The zero-order valence-corrected chi connectivity index (χ0v) is 13.3. The number of aromatic hydroxyl groups is 1. The fraction of sp³-hybridized carbons (Fsp3) is 0.632. The second-order valence-corrected chi connectivity index (χ2v) is 7.74. The molecule has 4 rings (SSSR count). The number of alkyl halides is 2. The van der Waals surface area contributed by atoms with Crippen LogP contribution >= 0.6 is 0 Å². The van der Waals surface area contributed by atoms with E-state index >= 15 is 0 Å². The summed E-state index contributed by atoms with van der Waals surface area (Å²) in [7, 11) is 0. The Morgan fingerprint density at radius 1 is 1.22 bits per heavy atom. The van der Waals surface area contributed by atoms with Gasteiger partial charge in [-0.25, -0.2) is 8.78 Å². The Balaban J connectivity index is 1.74. The van der Waals surface area contributed by atoms with E-state index in [1.165, 1.54) is 6.07 Å². The van der Waals surface area contributed by atoms with Gasteiger partial charge < -0.3 is 5.11 Å². The second kappa shape index (κ2) is 5.02. The van der Waals surface area contributed by atoms with Crippen molar-refractivity contribution in [3.05, 3.63) is 28.8 Å². The highest BCUT2D eigenvalue weighted by molar-refractivity contribution is 5.87. The topological polar surface area (TPSA) is 37.3 Å². The highest BCUT2D eigenvalue weighted by atomic mass is 19.3. The number of benzene rings is 1. The van der Waals surface area contributed by atoms with Crippen LogP contribution in [0.4, 0.5) is 8.78 Å². The predicted octanol–water partition coefficient (Wildman–Crippen LogP) is 4.76. The van der Waals surface area contributed by atoms with Crippen LogP contribution in [0, 0.1) is 17.3 Å². The maximum atomic E-state index is 13.1. The first-order valence-electron chi connectivity index (χ1n) is 8.59. The van der Waals surface area contributed by atoms with Crippen molar-refractivity contribution in [2.24, 2.45) is 17.3 Å². The van der Waals surface area contributed by atoms with E-state index in [1.54, 1.807) is 6.07 Å². The van der Waals surface area contributed by atoms with Gasteiger partial charge in [0.15, 0.2) is 0 Å². The SMILES string of the molecule is C[C@]12CC[C@@H]3c4cc(C(F)F)c(O)cc4CC[C@H]3[C@@H]1CCC2=O. The van der Waals surface area contributed by atoms with Crippen molar-refractivity contribution in [2.75, 3.05) is 0 Å². The summed E-state index contributed by atoms with van der Waals surface area (Å²) in [6.45, 7) is 2.11. The number of hydrogen-bond acceptors (Lipinski definition) is 2. The van der Waals surface area contributed by atoms with Gasteiger partial charge in [0.25, 0.3) is 6.43 Å². The molecule has 2 fully saturated rings. The summed E-state index contributed by atoms with van der Waals surface area (Å²) >= 11 is 0. The Kier molecular flexibility index (Phi) is 3.30. The molecule has 1 aromatic rings. The molecule has 0 aromatic heterocycles. The molecule has 1 aromatic carbocycles. The van der Waals surface area contributed by atoms with Gasteiger partial charge in [-0.3, -0.25) is 4.79 Å². The van der Waals surface area contributed by atoms with E-state index in [9.17, 15) is 18.7 Å². The van der Waals surface area contributed by atoms with Gasteiger partial charge in [-0.15, -0.1) is 0 Å². The summed E-state index contributed by atoms with van der Waals surface area (Å²) in [6, 6.07) is 3.08. The monoisotopic (exact) mass is 320 g/mol. The highest BCUT2D eigenvalue weighted by Gasteiger charge is 2.54. The van der Waals surface area contributed by atoms with Crippen LogP contribution in [0.5, 0.6) is 5.75 Å². The number of ketones is 1. The average molecular weight is 320 g/mol. The first-order valence-corrected chi connectivity index (χ1v) is 8.59. The summed E-state index contributed by atoms with van der Waals surface area (Å²) in [4.78, 5) is 12.3. The van der Waals surface area contributed by atoms with Gasteiger partial charge in [-0.05, 0) is 73.1 Å². The number of carbonyl (C=O) groups is 1. The van der Waals surface area contributed by atoms with E-state index in [4.69, 9.17) is 0 Å². The molecule has 0 unspecified atom stereocenters. The third-order valence-electron chi connectivity index (χ3n) is 6.82. The minimum absolute atomic E-state index is 0.193. The lowest BCUT2D eigenvalue weighted by Gasteiger charge is -2.48. The van der Waals surface area contributed by atoms with Gasteiger partial charge >= 0.3 is 0 Å². The Morgan fingerprint density at radius 3 is 2.74 bits per heavy atom. The van der Waals surface area contributed by atoms with Gasteiger partial charge in [0.1, 0.15) is 11.5 Å². The van der Waals surface area contributed by atoms with Gasteiger partial charge in [-0.2, -0.15) is 0 Å². The molecule has 1 N–H and O–H groups in total. The molecule has 0 amide bonds. The summed E-state index contributed by atoms with van der Waals surface area (Å²) in [5.74, 6) is 1.19. The number of phenols is 1. The number of halogens is 2. The molecule has 0 saturated heterocycles. The van der Waals surface area contributed by atoms with E-state index in [1.807, 2.05) is 0 Å². The zero-order valence-electron chi connectivity index (χ0n) is 13.3. The predicted molar refractivity (Wildman–Crippen MR) is 82.7 cm³/mol. The number of carbonyl (C=O) groups excluding carboxylic acids is 1. The van der Waals surface area contributed by atoms with Crippen LogP contribution in [0.2, 0.25) is 0 Å². The summed E-state index contributed by atoms with van der Waals surface area (Å²) in [5.41, 5.74) is 1.57. The van der Waals surface area contributed by atoms with Crippen molar-refractivity contribution < 1.29 is 18.7 Å². The Morgan fingerprint density at radius 2 is 2.00 bits per heavy atom. The van der Waals surface area contributed by atoms with Crippen LogP contribution in [-0.4, -0.2) is 10.9 Å². The number of rotatable bonds is 1. The first-order chi connectivity index (χ1) is 10.9. The molecule has 124 valence electrons. The van der Waals surface area contributed by atoms with E-state index in [0.717, 1.165) is 43.2 Å². The molecule has 4 atom stereocenters. The minimum Gasteiger partial charge on any atom is -0.507 e. The van der Waals surface area contributed by atoms with Crippen molar-refractivity contribution in [3.63, 3.8) is 0 Å².